The highest BCUT2D eigenvalue weighted by Gasteiger charge is 2.20. The van der Waals surface area contributed by atoms with E-state index in [1.807, 2.05) is 6.07 Å². The second-order valence-corrected chi connectivity index (χ2v) is 5.77. The van der Waals surface area contributed by atoms with Gasteiger partial charge in [-0.1, -0.05) is 54.6 Å². The minimum Gasteiger partial charge on any atom is -0.294 e. The van der Waals surface area contributed by atoms with Crippen molar-refractivity contribution in [1.82, 2.24) is 0 Å². The predicted octanol–water partition coefficient (Wildman–Crippen LogP) is 4.94. The Morgan fingerprint density at radius 1 is 0.905 bits per heavy atom. The molecule has 0 bridgehead atoms. The lowest BCUT2D eigenvalue weighted by Crippen LogP contribution is -1.92. The SMILES string of the molecule is Cc1ccc2ccccc2c1-c1ccc2c(c1)CCC2=O. The summed E-state index contributed by atoms with van der Waals surface area (Å²) in [6.07, 6.45) is 1.54. The average molecular weight is 272 g/mol. The van der Waals surface area contributed by atoms with Crippen molar-refractivity contribution in [2.45, 2.75) is 19.8 Å². The summed E-state index contributed by atoms with van der Waals surface area (Å²) in [5.41, 5.74) is 5.90. The number of benzene rings is 3. The Balaban J connectivity index is 1.99. The van der Waals surface area contributed by atoms with E-state index in [4.69, 9.17) is 0 Å². The second kappa shape index (κ2) is 4.56. The van der Waals surface area contributed by atoms with Crippen LogP contribution >= 0.6 is 0 Å². The molecule has 1 aliphatic carbocycles. The molecule has 1 nitrogen and oxygen atoms in total. The van der Waals surface area contributed by atoms with E-state index in [0.717, 1.165) is 12.0 Å². The number of carbonyl (C=O) groups is 1. The van der Waals surface area contributed by atoms with Crippen LogP contribution in [-0.4, -0.2) is 5.78 Å². The summed E-state index contributed by atoms with van der Waals surface area (Å²) in [5.74, 6) is 0.284. The number of hydrogen-bond acceptors (Lipinski definition) is 1. The van der Waals surface area contributed by atoms with E-state index in [0.29, 0.717) is 6.42 Å². The zero-order valence-corrected chi connectivity index (χ0v) is 12.0. The van der Waals surface area contributed by atoms with E-state index in [-0.39, 0.29) is 5.78 Å². The molecule has 0 amide bonds. The molecule has 0 unspecified atom stereocenters. The molecule has 0 saturated heterocycles. The minimum atomic E-state index is 0.284. The van der Waals surface area contributed by atoms with Gasteiger partial charge in [0.15, 0.2) is 5.78 Å². The minimum absolute atomic E-state index is 0.284. The maximum Gasteiger partial charge on any atom is 0.163 e. The molecule has 0 heterocycles. The smallest absolute Gasteiger partial charge is 0.163 e. The van der Waals surface area contributed by atoms with Crippen molar-refractivity contribution in [3.05, 3.63) is 71.3 Å². The molecular formula is C20H16O. The van der Waals surface area contributed by atoms with Gasteiger partial charge in [0.1, 0.15) is 0 Å². The van der Waals surface area contributed by atoms with Crippen LogP contribution in [0.4, 0.5) is 0 Å². The molecular weight excluding hydrogens is 256 g/mol. The van der Waals surface area contributed by atoms with Crippen molar-refractivity contribution < 1.29 is 4.79 Å². The van der Waals surface area contributed by atoms with E-state index in [2.05, 4.69) is 55.5 Å². The third-order valence-electron chi connectivity index (χ3n) is 4.45. The molecule has 0 aromatic heterocycles. The Morgan fingerprint density at radius 2 is 1.76 bits per heavy atom. The summed E-state index contributed by atoms with van der Waals surface area (Å²) in [6.45, 7) is 2.15. The van der Waals surface area contributed by atoms with Crippen LogP contribution < -0.4 is 0 Å². The first kappa shape index (κ1) is 12.3. The van der Waals surface area contributed by atoms with Gasteiger partial charge < -0.3 is 0 Å². The first-order chi connectivity index (χ1) is 10.2. The lowest BCUT2D eigenvalue weighted by molar-refractivity contribution is 0.0994. The largest absolute Gasteiger partial charge is 0.294 e. The van der Waals surface area contributed by atoms with Gasteiger partial charge in [-0.05, 0) is 46.4 Å². The highest BCUT2D eigenvalue weighted by atomic mass is 16.1. The van der Waals surface area contributed by atoms with Crippen molar-refractivity contribution >= 4 is 16.6 Å². The van der Waals surface area contributed by atoms with Gasteiger partial charge in [0.2, 0.25) is 0 Å². The summed E-state index contributed by atoms with van der Waals surface area (Å²) in [6, 6.07) is 19.1. The Morgan fingerprint density at radius 3 is 2.67 bits per heavy atom. The quantitative estimate of drug-likeness (QED) is 0.613. The molecule has 0 radical (unpaired) electrons. The van der Waals surface area contributed by atoms with Crippen molar-refractivity contribution in [3.63, 3.8) is 0 Å². The van der Waals surface area contributed by atoms with Crippen LogP contribution in [0.1, 0.15) is 27.9 Å². The number of hydrogen-bond donors (Lipinski definition) is 0. The molecule has 0 N–H and O–H groups in total. The van der Waals surface area contributed by atoms with Crippen LogP contribution in [0.5, 0.6) is 0 Å². The summed E-state index contributed by atoms with van der Waals surface area (Å²) in [4.78, 5) is 11.8. The monoisotopic (exact) mass is 272 g/mol. The second-order valence-electron chi connectivity index (χ2n) is 5.77. The fourth-order valence-corrected chi connectivity index (χ4v) is 3.37. The molecule has 1 heteroatoms. The molecule has 3 aromatic carbocycles. The van der Waals surface area contributed by atoms with Crippen LogP contribution in [0.2, 0.25) is 0 Å². The van der Waals surface area contributed by atoms with Gasteiger partial charge in [-0.15, -0.1) is 0 Å². The molecule has 0 aliphatic heterocycles. The maximum atomic E-state index is 11.8. The van der Waals surface area contributed by atoms with Gasteiger partial charge in [-0.25, -0.2) is 0 Å². The van der Waals surface area contributed by atoms with Crippen molar-refractivity contribution in [1.29, 1.82) is 0 Å². The van der Waals surface area contributed by atoms with Gasteiger partial charge in [0.05, 0.1) is 0 Å². The zero-order valence-electron chi connectivity index (χ0n) is 12.0. The van der Waals surface area contributed by atoms with Gasteiger partial charge in [0.25, 0.3) is 0 Å². The fraction of sp³-hybridized carbons (Fsp3) is 0.150. The number of rotatable bonds is 1. The molecule has 102 valence electrons. The molecule has 0 fully saturated rings. The van der Waals surface area contributed by atoms with E-state index in [1.165, 1.54) is 33.0 Å². The van der Waals surface area contributed by atoms with Crippen molar-refractivity contribution in [3.8, 4) is 11.1 Å². The Kier molecular flexibility index (Phi) is 2.68. The molecule has 3 aromatic rings. The van der Waals surface area contributed by atoms with Gasteiger partial charge >= 0.3 is 0 Å². The van der Waals surface area contributed by atoms with E-state index < -0.39 is 0 Å². The number of fused-ring (bicyclic) bond motifs is 2. The van der Waals surface area contributed by atoms with Crippen LogP contribution in [0.3, 0.4) is 0 Å². The summed E-state index contributed by atoms with van der Waals surface area (Å²) in [7, 11) is 0. The lowest BCUT2D eigenvalue weighted by atomic mass is 9.92. The van der Waals surface area contributed by atoms with Crippen molar-refractivity contribution in [2.75, 3.05) is 0 Å². The fourth-order valence-electron chi connectivity index (χ4n) is 3.37. The van der Waals surface area contributed by atoms with Gasteiger partial charge in [-0.3, -0.25) is 4.79 Å². The number of Topliss-reactive ketones (excluding diaryl/α,β-unsaturated/α-hetero) is 1. The Hall–Kier alpha value is -2.41. The van der Waals surface area contributed by atoms with Crippen molar-refractivity contribution in [2.24, 2.45) is 0 Å². The summed E-state index contributed by atoms with van der Waals surface area (Å²) < 4.78 is 0. The average Bonchev–Trinajstić information content (AvgIpc) is 2.88. The van der Waals surface area contributed by atoms with Crippen LogP contribution in [0, 0.1) is 6.92 Å². The van der Waals surface area contributed by atoms with E-state index in [1.54, 1.807) is 0 Å². The number of carbonyl (C=O) groups excluding carboxylic acids is 1. The van der Waals surface area contributed by atoms with E-state index in [9.17, 15) is 4.79 Å². The van der Waals surface area contributed by atoms with Crippen LogP contribution in [0.25, 0.3) is 21.9 Å². The predicted molar refractivity (Wildman–Crippen MR) is 86.8 cm³/mol. The highest BCUT2D eigenvalue weighted by molar-refractivity contribution is 6.02. The normalized spacial score (nSPS) is 13.7. The topological polar surface area (TPSA) is 17.1 Å². The Bertz CT molecular complexity index is 874. The standard InChI is InChI=1S/C20H16O/c1-13-6-7-14-4-2-3-5-18(14)20(13)16-8-10-17-15(12-16)9-11-19(17)21/h2-8,10,12H,9,11H2,1H3. The molecule has 4 rings (SSSR count). The lowest BCUT2D eigenvalue weighted by Gasteiger charge is -2.12. The third kappa shape index (κ3) is 1.89. The number of aryl methyl sites for hydroxylation is 2. The third-order valence-corrected chi connectivity index (χ3v) is 4.45. The molecule has 1 aliphatic rings. The van der Waals surface area contributed by atoms with Crippen LogP contribution in [-0.2, 0) is 6.42 Å². The van der Waals surface area contributed by atoms with E-state index >= 15 is 0 Å². The molecule has 0 atom stereocenters. The summed E-state index contributed by atoms with van der Waals surface area (Å²) >= 11 is 0. The number of ketones is 1. The van der Waals surface area contributed by atoms with Crippen LogP contribution in [0.15, 0.2) is 54.6 Å². The van der Waals surface area contributed by atoms with Gasteiger partial charge in [0, 0.05) is 12.0 Å². The molecule has 21 heavy (non-hydrogen) atoms. The Labute approximate surface area is 124 Å². The highest BCUT2D eigenvalue weighted by Crippen LogP contribution is 2.34. The molecule has 0 spiro atoms. The first-order valence-electron chi connectivity index (χ1n) is 7.39. The maximum absolute atomic E-state index is 11.8. The van der Waals surface area contributed by atoms with Gasteiger partial charge in [-0.2, -0.15) is 0 Å². The zero-order chi connectivity index (χ0) is 14.4. The summed E-state index contributed by atoms with van der Waals surface area (Å²) in [5, 5.41) is 2.54. The molecule has 0 saturated carbocycles. The first-order valence-corrected chi connectivity index (χ1v) is 7.39.